The molecule has 1 atom stereocenters. The van der Waals surface area contributed by atoms with E-state index in [1.165, 1.54) is 18.2 Å². The van der Waals surface area contributed by atoms with Crippen LogP contribution in [0.4, 0.5) is 18.0 Å². The van der Waals surface area contributed by atoms with Gasteiger partial charge >= 0.3 is 12.0 Å². The van der Waals surface area contributed by atoms with E-state index in [2.05, 4.69) is 4.74 Å². The van der Waals surface area contributed by atoms with Crippen LogP contribution in [0.2, 0.25) is 0 Å². The van der Waals surface area contributed by atoms with Crippen LogP contribution in [0.5, 0.6) is 0 Å². The number of carbonyl (C=O) groups excluding carboxylic acids is 1. The number of alkyl halides is 2. The Balaban J connectivity index is 2.38. The molecule has 0 saturated carbocycles. The highest BCUT2D eigenvalue weighted by Crippen LogP contribution is 2.35. The summed E-state index contributed by atoms with van der Waals surface area (Å²) >= 11 is 0. The van der Waals surface area contributed by atoms with E-state index < -0.39 is 30.5 Å². The minimum absolute atomic E-state index is 0.246. The van der Waals surface area contributed by atoms with Crippen molar-refractivity contribution in [2.24, 2.45) is 0 Å². The van der Waals surface area contributed by atoms with Gasteiger partial charge in [0.25, 0.3) is 0 Å². The molecule has 86 valence electrons. The summed E-state index contributed by atoms with van der Waals surface area (Å²) < 4.78 is 44.3. The number of carbonyl (C=O) groups is 1. The number of amides is 1. The first-order chi connectivity index (χ1) is 7.50. The molecular weight excluding hydrogens is 223 g/mol. The number of nitrogens with one attached hydrogen (secondary N) is 1. The lowest BCUT2D eigenvalue weighted by atomic mass is 10.00. The minimum Gasteiger partial charge on any atom is -0.443 e. The van der Waals surface area contributed by atoms with Gasteiger partial charge in [-0.15, -0.1) is 0 Å². The summed E-state index contributed by atoms with van der Waals surface area (Å²) in [6.07, 6.45) is -0.973. The van der Waals surface area contributed by atoms with Gasteiger partial charge in [0.1, 0.15) is 11.9 Å². The molecular formula is C10H8F3NO2. The fraction of sp³-hybridized carbons (Fsp3) is 0.300. The Bertz CT molecular complexity index is 422. The van der Waals surface area contributed by atoms with Crippen LogP contribution in [-0.2, 0) is 4.74 Å². The fourth-order valence-corrected chi connectivity index (χ4v) is 1.52. The second kappa shape index (κ2) is 3.70. The second-order valence-corrected chi connectivity index (χ2v) is 3.44. The Labute approximate surface area is 89.2 Å². The Morgan fingerprint density at radius 2 is 2.06 bits per heavy atom. The normalized spacial score (nSPS) is 23.4. The van der Waals surface area contributed by atoms with E-state index in [-0.39, 0.29) is 5.56 Å². The lowest BCUT2D eigenvalue weighted by Crippen LogP contribution is -2.49. The maximum Gasteiger partial charge on any atom is 0.408 e. The average molecular weight is 231 g/mol. The smallest absolute Gasteiger partial charge is 0.408 e. The van der Waals surface area contributed by atoms with Gasteiger partial charge in [0.2, 0.25) is 0 Å². The van der Waals surface area contributed by atoms with E-state index in [9.17, 15) is 18.0 Å². The number of hydrogen-bond acceptors (Lipinski definition) is 2. The Morgan fingerprint density at radius 3 is 2.75 bits per heavy atom. The fourth-order valence-electron chi connectivity index (χ4n) is 1.52. The number of ether oxygens (including phenoxy) is 1. The van der Waals surface area contributed by atoms with Crippen molar-refractivity contribution in [2.75, 3.05) is 6.61 Å². The molecule has 1 aromatic rings. The minimum atomic E-state index is -3.32. The third-order valence-corrected chi connectivity index (χ3v) is 2.30. The van der Waals surface area contributed by atoms with Crippen molar-refractivity contribution < 1.29 is 22.7 Å². The van der Waals surface area contributed by atoms with E-state index in [4.69, 9.17) is 0 Å². The first-order valence-corrected chi connectivity index (χ1v) is 4.56. The van der Waals surface area contributed by atoms with E-state index in [1.807, 2.05) is 5.32 Å². The van der Waals surface area contributed by atoms with E-state index >= 15 is 0 Å². The SMILES string of the molecule is O=C1N[C@@H](c2ccccc2F)C(F)(F)CO1. The molecule has 0 unspecified atom stereocenters. The molecule has 1 aromatic carbocycles. The van der Waals surface area contributed by atoms with E-state index in [1.54, 1.807) is 0 Å². The monoisotopic (exact) mass is 231 g/mol. The highest BCUT2D eigenvalue weighted by molar-refractivity contribution is 5.69. The van der Waals surface area contributed by atoms with Crippen molar-refractivity contribution in [3.05, 3.63) is 35.6 Å². The van der Waals surface area contributed by atoms with Gasteiger partial charge < -0.3 is 10.1 Å². The molecule has 0 aromatic heterocycles. The Hall–Kier alpha value is -1.72. The van der Waals surface area contributed by atoms with Crippen LogP contribution in [0.25, 0.3) is 0 Å². The molecule has 1 aliphatic rings. The van der Waals surface area contributed by atoms with E-state index in [0.717, 1.165) is 6.07 Å². The third-order valence-electron chi connectivity index (χ3n) is 2.30. The van der Waals surface area contributed by atoms with Crippen molar-refractivity contribution in [2.45, 2.75) is 12.0 Å². The summed E-state index contributed by atoms with van der Waals surface area (Å²) in [4.78, 5) is 10.9. The quantitative estimate of drug-likeness (QED) is 0.804. The molecule has 2 rings (SSSR count). The maximum atomic E-state index is 13.4. The molecule has 6 heteroatoms. The summed E-state index contributed by atoms with van der Waals surface area (Å²) in [7, 11) is 0. The van der Waals surface area contributed by atoms with Crippen molar-refractivity contribution in [1.82, 2.24) is 5.32 Å². The predicted molar refractivity (Wildman–Crippen MR) is 48.6 cm³/mol. The Morgan fingerprint density at radius 1 is 1.38 bits per heavy atom. The van der Waals surface area contributed by atoms with Crippen molar-refractivity contribution in [3.8, 4) is 0 Å². The lowest BCUT2D eigenvalue weighted by molar-refractivity contribution is -0.105. The molecule has 0 spiro atoms. The summed E-state index contributed by atoms with van der Waals surface area (Å²) in [5, 5.41) is 1.91. The molecule has 0 aliphatic carbocycles. The van der Waals surface area contributed by atoms with Gasteiger partial charge in [-0.1, -0.05) is 18.2 Å². The molecule has 1 fully saturated rings. The lowest BCUT2D eigenvalue weighted by Gasteiger charge is -2.31. The molecule has 1 heterocycles. The molecule has 3 nitrogen and oxygen atoms in total. The van der Waals surface area contributed by atoms with Crippen LogP contribution in [0.3, 0.4) is 0 Å². The highest BCUT2D eigenvalue weighted by atomic mass is 19.3. The second-order valence-electron chi connectivity index (χ2n) is 3.44. The van der Waals surface area contributed by atoms with Gasteiger partial charge in [0, 0.05) is 5.56 Å². The highest BCUT2D eigenvalue weighted by Gasteiger charge is 2.47. The van der Waals surface area contributed by atoms with Crippen LogP contribution >= 0.6 is 0 Å². The zero-order valence-corrected chi connectivity index (χ0v) is 8.04. The molecule has 1 saturated heterocycles. The van der Waals surface area contributed by atoms with Crippen molar-refractivity contribution >= 4 is 6.09 Å². The first kappa shape index (κ1) is 10.8. The summed E-state index contributed by atoms with van der Waals surface area (Å²) in [5.41, 5.74) is -0.246. The maximum absolute atomic E-state index is 13.4. The summed E-state index contributed by atoms with van der Waals surface area (Å²) in [6.45, 7) is -1.04. The van der Waals surface area contributed by atoms with Gasteiger partial charge in [-0.3, -0.25) is 0 Å². The zero-order valence-electron chi connectivity index (χ0n) is 8.04. The molecule has 0 radical (unpaired) electrons. The molecule has 1 aliphatic heterocycles. The van der Waals surface area contributed by atoms with Gasteiger partial charge in [-0.05, 0) is 6.07 Å². The van der Waals surface area contributed by atoms with Crippen LogP contribution in [0, 0.1) is 5.82 Å². The van der Waals surface area contributed by atoms with Crippen molar-refractivity contribution in [3.63, 3.8) is 0 Å². The number of hydrogen-bond donors (Lipinski definition) is 1. The molecule has 1 N–H and O–H groups in total. The first-order valence-electron chi connectivity index (χ1n) is 4.56. The standard InChI is InChI=1S/C10H8F3NO2/c11-7-4-2-1-3-6(7)8-10(12,13)5-16-9(15)14-8/h1-4,8H,5H2,(H,14,15)/t8-/m0/s1. The van der Waals surface area contributed by atoms with Crippen molar-refractivity contribution in [1.29, 1.82) is 0 Å². The van der Waals surface area contributed by atoms with Gasteiger partial charge in [0.15, 0.2) is 6.61 Å². The van der Waals surface area contributed by atoms with Crippen LogP contribution in [-0.4, -0.2) is 18.6 Å². The van der Waals surface area contributed by atoms with Crippen LogP contribution < -0.4 is 5.32 Å². The van der Waals surface area contributed by atoms with E-state index in [0.29, 0.717) is 0 Å². The number of cyclic esters (lactones) is 1. The molecule has 1 amide bonds. The van der Waals surface area contributed by atoms with Gasteiger partial charge in [0.05, 0.1) is 0 Å². The zero-order chi connectivity index (χ0) is 11.8. The predicted octanol–water partition coefficient (Wildman–Crippen LogP) is 2.24. The van der Waals surface area contributed by atoms with Crippen LogP contribution in [0.1, 0.15) is 11.6 Å². The Kier molecular flexibility index (Phi) is 2.49. The van der Waals surface area contributed by atoms with Crippen LogP contribution in [0.15, 0.2) is 24.3 Å². The number of halogens is 3. The third kappa shape index (κ3) is 1.82. The molecule has 16 heavy (non-hydrogen) atoms. The van der Waals surface area contributed by atoms with Gasteiger partial charge in [-0.25, -0.2) is 18.0 Å². The molecule has 0 bridgehead atoms. The topological polar surface area (TPSA) is 38.3 Å². The summed E-state index contributed by atoms with van der Waals surface area (Å²) in [5.74, 6) is -4.11. The van der Waals surface area contributed by atoms with Gasteiger partial charge in [-0.2, -0.15) is 0 Å². The number of alkyl carbamates (subject to hydrolysis) is 1. The summed E-state index contributed by atoms with van der Waals surface area (Å²) in [6, 6.07) is 3.40. The average Bonchev–Trinajstić information content (AvgIpc) is 2.23. The largest absolute Gasteiger partial charge is 0.443 e. The number of rotatable bonds is 1. The number of benzene rings is 1.